The van der Waals surface area contributed by atoms with Crippen molar-refractivity contribution in [2.24, 2.45) is 0 Å². The van der Waals surface area contributed by atoms with Gasteiger partial charge in [-0.1, -0.05) is 5.16 Å². The van der Waals surface area contributed by atoms with Crippen molar-refractivity contribution in [2.45, 2.75) is 25.7 Å². The summed E-state index contributed by atoms with van der Waals surface area (Å²) in [7, 11) is 0. The van der Waals surface area contributed by atoms with E-state index in [1.165, 1.54) is 6.07 Å². The van der Waals surface area contributed by atoms with Crippen LogP contribution in [0.4, 0.5) is 4.39 Å². The molecular formula is C16H13FN2O2. The maximum Gasteiger partial charge on any atom is 0.261 e. The average Bonchev–Trinajstić information content (AvgIpc) is 3.23. The molecule has 0 radical (unpaired) electrons. The Bertz CT molecular complexity index is 824. The molecule has 1 aliphatic rings. The van der Waals surface area contributed by atoms with E-state index in [-0.39, 0.29) is 5.82 Å². The summed E-state index contributed by atoms with van der Waals surface area (Å²) < 4.78 is 24.1. The fourth-order valence-corrected chi connectivity index (χ4v) is 2.34. The third-order valence-corrected chi connectivity index (χ3v) is 3.66. The first-order valence-corrected chi connectivity index (χ1v) is 6.91. The molecule has 3 aromatic rings. The van der Waals surface area contributed by atoms with E-state index in [4.69, 9.17) is 9.26 Å². The van der Waals surface area contributed by atoms with Crippen LogP contribution < -0.4 is 4.74 Å². The van der Waals surface area contributed by atoms with Crippen molar-refractivity contribution in [2.75, 3.05) is 0 Å². The van der Waals surface area contributed by atoms with Crippen LogP contribution in [-0.2, 0) is 0 Å². The van der Waals surface area contributed by atoms with Gasteiger partial charge in [-0.2, -0.15) is 4.98 Å². The minimum absolute atomic E-state index is 0.255. The predicted molar refractivity (Wildman–Crippen MR) is 75.0 cm³/mol. The van der Waals surface area contributed by atoms with Crippen LogP contribution in [0, 0.1) is 12.7 Å². The SMILES string of the molecule is Cc1cc(Oc2ccc3c(C4CC4)noc3n2)ccc1F. The van der Waals surface area contributed by atoms with E-state index in [0.29, 0.717) is 28.8 Å². The predicted octanol–water partition coefficient (Wildman–Crippen LogP) is 4.34. The van der Waals surface area contributed by atoms with Crippen LogP contribution in [0.15, 0.2) is 34.9 Å². The van der Waals surface area contributed by atoms with Crippen molar-refractivity contribution in [1.82, 2.24) is 10.1 Å². The molecule has 0 aliphatic heterocycles. The average molecular weight is 284 g/mol. The van der Waals surface area contributed by atoms with Crippen molar-refractivity contribution in [1.29, 1.82) is 0 Å². The number of hydrogen-bond donors (Lipinski definition) is 0. The number of hydrogen-bond acceptors (Lipinski definition) is 4. The van der Waals surface area contributed by atoms with Gasteiger partial charge in [0.2, 0.25) is 5.88 Å². The fourth-order valence-electron chi connectivity index (χ4n) is 2.34. The van der Waals surface area contributed by atoms with Gasteiger partial charge in [0, 0.05) is 12.0 Å². The number of aromatic nitrogens is 2. The zero-order valence-electron chi connectivity index (χ0n) is 11.5. The summed E-state index contributed by atoms with van der Waals surface area (Å²) >= 11 is 0. The van der Waals surface area contributed by atoms with Crippen LogP contribution in [0.1, 0.15) is 30.0 Å². The summed E-state index contributed by atoms with van der Waals surface area (Å²) in [5.41, 5.74) is 2.00. The molecule has 0 spiro atoms. The van der Waals surface area contributed by atoms with Crippen molar-refractivity contribution >= 4 is 11.1 Å². The zero-order chi connectivity index (χ0) is 14.4. The second-order valence-electron chi connectivity index (χ2n) is 5.36. The Morgan fingerprint density at radius 1 is 1.24 bits per heavy atom. The molecule has 0 amide bonds. The second-order valence-corrected chi connectivity index (χ2v) is 5.36. The largest absolute Gasteiger partial charge is 0.439 e. The molecule has 4 nitrogen and oxygen atoms in total. The number of fused-ring (bicyclic) bond motifs is 1. The van der Waals surface area contributed by atoms with Crippen molar-refractivity contribution < 1.29 is 13.7 Å². The molecule has 0 bridgehead atoms. The molecule has 0 saturated heterocycles. The molecule has 0 N–H and O–H groups in total. The molecule has 2 aromatic heterocycles. The Kier molecular flexibility index (Phi) is 2.67. The number of nitrogens with zero attached hydrogens (tertiary/aromatic N) is 2. The second kappa shape index (κ2) is 4.55. The third kappa shape index (κ3) is 2.24. The summed E-state index contributed by atoms with van der Waals surface area (Å²) in [5, 5.41) is 5.03. The van der Waals surface area contributed by atoms with Crippen LogP contribution in [0.25, 0.3) is 11.1 Å². The molecule has 1 saturated carbocycles. The molecule has 21 heavy (non-hydrogen) atoms. The van der Waals surface area contributed by atoms with Crippen LogP contribution in [0.3, 0.4) is 0 Å². The fraction of sp³-hybridized carbons (Fsp3) is 0.250. The number of rotatable bonds is 3. The van der Waals surface area contributed by atoms with Gasteiger partial charge in [0.05, 0.1) is 11.1 Å². The Morgan fingerprint density at radius 3 is 2.86 bits per heavy atom. The first-order valence-electron chi connectivity index (χ1n) is 6.91. The number of benzene rings is 1. The molecule has 5 heteroatoms. The van der Waals surface area contributed by atoms with Crippen LogP contribution >= 0.6 is 0 Å². The standard InChI is InChI=1S/C16H13FN2O2/c1-9-8-11(4-6-13(9)17)20-14-7-5-12-15(10-2-3-10)19-21-16(12)18-14/h4-8,10H,2-3H2,1H3. The van der Waals surface area contributed by atoms with Gasteiger partial charge in [-0.25, -0.2) is 4.39 Å². The minimum atomic E-state index is -0.255. The van der Waals surface area contributed by atoms with Crippen molar-refractivity contribution in [3.8, 4) is 11.6 Å². The van der Waals surface area contributed by atoms with E-state index >= 15 is 0 Å². The molecule has 1 aliphatic carbocycles. The summed E-state index contributed by atoms with van der Waals surface area (Å²) in [6.07, 6.45) is 2.32. The van der Waals surface area contributed by atoms with E-state index in [9.17, 15) is 4.39 Å². The lowest BCUT2D eigenvalue weighted by Gasteiger charge is -2.05. The summed E-state index contributed by atoms with van der Waals surface area (Å²) in [6.45, 7) is 1.69. The lowest BCUT2D eigenvalue weighted by Crippen LogP contribution is -1.90. The molecule has 1 fully saturated rings. The molecule has 4 rings (SSSR count). The highest BCUT2D eigenvalue weighted by Crippen LogP contribution is 2.42. The van der Waals surface area contributed by atoms with Crippen LogP contribution in [0.2, 0.25) is 0 Å². The molecular weight excluding hydrogens is 271 g/mol. The Hall–Kier alpha value is -2.43. The molecule has 2 heterocycles. The number of pyridine rings is 1. The van der Waals surface area contributed by atoms with Gasteiger partial charge in [0.15, 0.2) is 0 Å². The molecule has 0 atom stereocenters. The summed E-state index contributed by atoms with van der Waals surface area (Å²) in [5.74, 6) is 1.21. The molecule has 1 aromatic carbocycles. The first kappa shape index (κ1) is 12.3. The van der Waals surface area contributed by atoms with Gasteiger partial charge in [-0.15, -0.1) is 0 Å². The third-order valence-electron chi connectivity index (χ3n) is 3.66. The van der Waals surface area contributed by atoms with Crippen LogP contribution in [-0.4, -0.2) is 10.1 Å². The molecule has 0 unspecified atom stereocenters. The monoisotopic (exact) mass is 284 g/mol. The quantitative estimate of drug-likeness (QED) is 0.717. The van der Waals surface area contributed by atoms with E-state index in [1.807, 2.05) is 6.07 Å². The normalized spacial score (nSPS) is 14.6. The highest BCUT2D eigenvalue weighted by molar-refractivity contribution is 5.77. The van der Waals surface area contributed by atoms with Gasteiger partial charge in [0.1, 0.15) is 11.6 Å². The van der Waals surface area contributed by atoms with Crippen molar-refractivity contribution in [3.63, 3.8) is 0 Å². The van der Waals surface area contributed by atoms with E-state index in [2.05, 4.69) is 10.1 Å². The van der Waals surface area contributed by atoms with Gasteiger partial charge >= 0.3 is 0 Å². The van der Waals surface area contributed by atoms with E-state index in [0.717, 1.165) is 23.9 Å². The van der Waals surface area contributed by atoms with E-state index < -0.39 is 0 Å². The summed E-state index contributed by atoms with van der Waals surface area (Å²) in [4.78, 5) is 4.31. The highest BCUT2D eigenvalue weighted by Gasteiger charge is 2.29. The molecule has 106 valence electrons. The zero-order valence-corrected chi connectivity index (χ0v) is 11.5. The van der Waals surface area contributed by atoms with E-state index in [1.54, 1.807) is 25.1 Å². The number of aryl methyl sites for hydroxylation is 1. The topological polar surface area (TPSA) is 48.2 Å². The number of ether oxygens (including phenoxy) is 1. The van der Waals surface area contributed by atoms with Gasteiger partial charge in [-0.05, 0) is 49.6 Å². The highest BCUT2D eigenvalue weighted by atomic mass is 19.1. The van der Waals surface area contributed by atoms with Gasteiger partial charge in [0.25, 0.3) is 5.71 Å². The maximum atomic E-state index is 13.2. The Labute approximate surface area is 120 Å². The lowest BCUT2D eigenvalue weighted by atomic mass is 10.2. The first-order chi connectivity index (χ1) is 10.2. The maximum absolute atomic E-state index is 13.2. The smallest absolute Gasteiger partial charge is 0.261 e. The lowest BCUT2D eigenvalue weighted by molar-refractivity contribution is 0.425. The Balaban J connectivity index is 1.65. The Morgan fingerprint density at radius 2 is 2.10 bits per heavy atom. The summed E-state index contributed by atoms with van der Waals surface area (Å²) in [6, 6.07) is 8.28. The number of halogens is 1. The minimum Gasteiger partial charge on any atom is -0.439 e. The van der Waals surface area contributed by atoms with Crippen molar-refractivity contribution in [3.05, 3.63) is 47.4 Å². The van der Waals surface area contributed by atoms with Gasteiger partial charge in [-0.3, -0.25) is 0 Å². The van der Waals surface area contributed by atoms with Crippen LogP contribution in [0.5, 0.6) is 11.6 Å². The van der Waals surface area contributed by atoms with Gasteiger partial charge < -0.3 is 9.26 Å².